The Kier molecular flexibility index (Phi) is 12.5. The highest BCUT2D eigenvalue weighted by atomic mass is 31.2. The molecule has 0 saturated heterocycles. The van der Waals surface area contributed by atoms with Crippen LogP contribution < -0.4 is 0 Å². The second-order valence-electron chi connectivity index (χ2n) is 6.89. The first kappa shape index (κ1) is 22.1. The summed E-state index contributed by atoms with van der Waals surface area (Å²) < 4.78 is 15.9. The van der Waals surface area contributed by atoms with E-state index < -0.39 is 7.82 Å². The molecule has 0 aliphatic heterocycles. The van der Waals surface area contributed by atoms with Crippen LogP contribution in [0.1, 0.15) is 71.1 Å². The van der Waals surface area contributed by atoms with Gasteiger partial charge in [0.15, 0.2) is 0 Å². The van der Waals surface area contributed by atoms with Crippen molar-refractivity contribution < 1.29 is 23.4 Å². The Morgan fingerprint density at radius 1 is 0.818 bits per heavy atom. The van der Waals surface area contributed by atoms with Gasteiger partial charge in [0.2, 0.25) is 0 Å². The first-order valence-corrected chi connectivity index (χ1v) is 10.3. The van der Waals surface area contributed by atoms with Gasteiger partial charge in [-0.2, -0.15) is 0 Å². The quantitative estimate of drug-likeness (QED) is 0.268. The van der Waals surface area contributed by atoms with E-state index in [1.165, 1.54) is 64.2 Å². The minimum absolute atomic E-state index is 0.106. The lowest BCUT2D eigenvalue weighted by atomic mass is 10.1. The molecular weight excluding hydrogens is 301 g/mol. The van der Waals surface area contributed by atoms with Crippen LogP contribution >= 0.6 is 7.82 Å². The SMILES string of the molecule is CCCCCCCCCCCC[N+](C)(C)CCOP(=O)(O)O. The molecule has 0 bridgehead atoms. The van der Waals surface area contributed by atoms with Gasteiger partial charge in [0.1, 0.15) is 13.2 Å². The van der Waals surface area contributed by atoms with Crippen molar-refractivity contribution in [2.24, 2.45) is 0 Å². The van der Waals surface area contributed by atoms with E-state index in [-0.39, 0.29) is 6.61 Å². The number of hydrogen-bond donors (Lipinski definition) is 2. The fourth-order valence-corrected chi connectivity index (χ4v) is 2.87. The number of nitrogens with zero attached hydrogens (tertiary/aromatic N) is 1. The summed E-state index contributed by atoms with van der Waals surface area (Å²) in [6.45, 7) is 4.01. The molecule has 0 aromatic heterocycles. The second-order valence-corrected chi connectivity index (χ2v) is 8.13. The van der Waals surface area contributed by atoms with Gasteiger partial charge in [-0.1, -0.05) is 58.3 Å². The van der Waals surface area contributed by atoms with E-state index in [0.29, 0.717) is 6.54 Å². The smallest absolute Gasteiger partial charge is 0.327 e. The fraction of sp³-hybridized carbons (Fsp3) is 1.00. The van der Waals surface area contributed by atoms with Crippen LogP contribution in [0.4, 0.5) is 0 Å². The summed E-state index contributed by atoms with van der Waals surface area (Å²) >= 11 is 0. The van der Waals surface area contributed by atoms with E-state index in [9.17, 15) is 4.57 Å². The third-order valence-corrected chi connectivity index (χ3v) is 4.59. The van der Waals surface area contributed by atoms with Crippen LogP contribution in [0.15, 0.2) is 0 Å². The van der Waals surface area contributed by atoms with Crippen molar-refractivity contribution in [3.8, 4) is 0 Å². The van der Waals surface area contributed by atoms with Crippen molar-refractivity contribution in [2.75, 3.05) is 33.8 Å². The molecule has 0 rings (SSSR count). The van der Waals surface area contributed by atoms with Crippen LogP contribution in [0.2, 0.25) is 0 Å². The van der Waals surface area contributed by atoms with E-state index >= 15 is 0 Å². The minimum atomic E-state index is -4.32. The lowest BCUT2D eigenvalue weighted by Crippen LogP contribution is -2.42. The average Bonchev–Trinajstić information content (AvgIpc) is 2.39. The number of likely N-dealkylation sites (N-methyl/N-ethyl adjacent to an activating group) is 1. The number of hydrogen-bond acceptors (Lipinski definition) is 2. The monoisotopic (exact) mass is 338 g/mol. The molecule has 0 aliphatic carbocycles. The van der Waals surface area contributed by atoms with Gasteiger partial charge in [-0.05, 0) is 12.8 Å². The molecule has 0 atom stereocenters. The second kappa shape index (κ2) is 12.5. The van der Waals surface area contributed by atoms with Crippen LogP contribution in [0.3, 0.4) is 0 Å². The summed E-state index contributed by atoms with van der Waals surface area (Å²) in [4.78, 5) is 17.3. The molecule has 134 valence electrons. The molecule has 0 spiro atoms. The summed E-state index contributed by atoms with van der Waals surface area (Å²) in [6, 6.07) is 0. The first-order valence-electron chi connectivity index (χ1n) is 8.79. The Hall–Kier alpha value is 0.0700. The molecule has 2 N–H and O–H groups in total. The van der Waals surface area contributed by atoms with E-state index in [0.717, 1.165) is 11.0 Å². The average molecular weight is 338 g/mol. The Bertz CT molecular complexity index is 305. The Labute approximate surface area is 136 Å². The number of unbranched alkanes of at least 4 members (excludes halogenated alkanes) is 9. The largest absolute Gasteiger partial charge is 0.469 e. The fourth-order valence-electron chi connectivity index (χ4n) is 2.55. The lowest BCUT2D eigenvalue weighted by molar-refractivity contribution is -0.890. The van der Waals surface area contributed by atoms with Crippen LogP contribution in [-0.2, 0) is 9.09 Å². The Balaban J connectivity index is 3.43. The maximum absolute atomic E-state index is 10.6. The van der Waals surface area contributed by atoms with Gasteiger partial charge in [-0.3, -0.25) is 4.52 Å². The predicted molar refractivity (Wildman–Crippen MR) is 91.7 cm³/mol. The molecule has 0 radical (unpaired) electrons. The topological polar surface area (TPSA) is 66.8 Å². The summed E-state index contributed by atoms with van der Waals surface area (Å²) in [5, 5.41) is 0. The van der Waals surface area contributed by atoms with Gasteiger partial charge < -0.3 is 14.3 Å². The molecule has 0 amide bonds. The van der Waals surface area contributed by atoms with Crippen molar-refractivity contribution in [1.82, 2.24) is 0 Å². The van der Waals surface area contributed by atoms with Gasteiger partial charge in [-0.15, -0.1) is 0 Å². The predicted octanol–water partition coefficient (Wildman–Crippen LogP) is 4.09. The van der Waals surface area contributed by atoms with Gasteiger partial charge >= 0.3 is 7.82 Å². The van der Waals surface area contributed by atoms with Crippen molar-refractivity contribution >= 4 is 7.82 Å². The maximum Gasteiger partial charge on any atom is 0.469 e. The zero-order chi connectivity index (χ0) is 16.9. The molecule has 0 heterocycles. The standard InChI is InChI=1S/C16H36NO4P/c1-4-5-6-7-8-9-10-11-12-13-14-17(2,3)15-16-21-22(18,19)20/h4-16H2,1-3H3,(H-,18,19,20)/p+1. The highest BCUT2D eigenvalue weighted by Crippen LogP contribution is 2.35. The van der Waals surface area contributed by atoms with Gasteiger partial charge in [0.05, 0.1) is 20.6 Å². The number of phosphoric acid groups is 1. The molecule has 22 heavy (non-hydrogen) atoms. The first-order chi connectivity index (χ1) is 10.3. The molecule has 0 saturated carbocycles. The molecule has 0 fully saturated rings. The molecule has 5 nitrogen and oxygen atoms in total. The third-order valence-electron chi connectivity index (χ3n) is 4.07. The maximum atomic E-state index is 10.6. The molecule has 0 aliphatic rings. The number of quaternary nitrogens is 1. The highest BCUT2D eigenvalue weighted by molar-refractivity contribution is 7.46. The van der Waals surface area contributed by atoms with E-state index in [2.05, 4.69) is 25.5 Å². The molecule has 0 aromatic rings. The van der Waals surface area contributed by atoms with Crippen molar-refractivity contribution in [2.45, 2.75) is 71.1 Å². The molecule has 0 unspecified atom stereocenters. The van der Waals surface area contributed by atoms with E-state index in [1.54, 1.807) is 0 Å². The van der Waals surface area contributed by atoms with Crippen LogP contribution in [-0.4, -0.2) is 48.1 Å². The van der Waals surface area contributed by atoms with Crippen molar-refractivity contribution in [3.05, 3.63) is 0 Å². The van der Waals surface area contributed by atoms with E-state index in [1.807, 2.05) is 0 Å². The zero-order valence-corrected chi connectivity index (χ0v) is 15.7. The zero-order valence-electron chi connectivity index (χ0n) is 14.8. The van der Waals surface area contributed by atoms with Crippen molar-refractivity contribution in [1.29, 1.82) is 0 Å². The summed E-state index contributed by atoms with van der Waals surface area (Å²) in [7, 11) is -0.156. The third kappa shape index (κ3) is 16.4. The summed E-state index contributed by atoms with van der Waals surface area (Å²) in [6.07, 6.45) is 13.2. The van der Waals surface area contributed by atoms with Gasteiger partial charge in [-0.25, -0.2) is 4.57 Å². The van der Waals surface area contributed by atoms with Crippen LogP contribution in [0, 0.1) is 0 Å². The van der Waals surface area contributed by atoms with E-state index in [4.69, 9.17) is 9.79 Å². The summed E-state index contributed by atoms with van der Waals surface area (Å²) in [5.41, 5.74) is 0. The molecule has 6 heteroatoms. The highest BCUT2D eigenvalue weighted by Gasteiger charge is 2.19. The number of phosphoric ester groups is 1. The molecule has 0 aromatic carbocycles. The minimum Gasteiger partial charge on any atom is -0.327 e. The normalized spacial score (nSPS) is 12.8. The van der Waals surface area contributed by atoms with Gasteiger partial charge in [0, 0.05) is 0 Å². The summed E-state index contributed by atoms with van der Waals surface area (Å²) in [5.74, 6) is 0. The number of rotatable bonds is 15. The Morgan fingerprint density at radius 3 is 1.73 bits per heavy atom. The van der Waals surface area contributed by atoms with Crippen LogP contribution in [0.5, 0.6) is 0 Å². The Morgan fingerprint density at radius 2 is 1.27 bits per heavy atom. The lowest BCUT2D eigenvalue weighted by Gasteiger charge is -2.29. The van der Waals surface area contributed by atoms with Gasteiger partial charge in [0.25, 0.3) is 0 Å². The van der Waals surface area contributed by atoms with Crippen LogP contribution in [0.25, 0.3) is 0 Å². The molecular formula is C16H37NO4P+. The van der Waals surface area contributed by atoms with Crippen molar-refractivity contribution in [3.63, 3.8) is 0 Å².